The highest BCUT2D eigenvalue weighted by Gasteiger charge is 2.58. The summed E-state index contributed by atoms with van der Waals surface area (Å²) in [5.74, 6) is -0.433. The zero-order valence-electron chi connectivity index (χ0n) is 35.0. The van der Waals surface area contributed by atoms with Crippen LogP contribution in [0.4, 0.5) is 0 Å². The third kappa shape index (κ3) is 8.38. The minimum atomic E-state index is -1.12. The molecule has 6 aliphatic rings. The van der Waals surface area contributed by atoms with Crippen molar-refractivity contribution in [3.63, 3.8) is 0 Å². The first-order valence-electron chi connectivity index (χ1n) is 22.8. The van der Waals surface area contributed by atoms with Crippen LogP contribution >= 0.6 is 0 Å². The van der Waals surface area contributed by atoms with Crippen molar-refractivity contribution in [2.75, 3.05) is 32.9 Å². The van der Waals surface area contributed by atoms with Gasteiger partial charge in [0.2, 0.25) is 5.91 Å². The zero-order chi connectivity index (χ0) is 41.1. The molecule has 2 saturated heterocycles. The number of aliphatic hydroxyl groups excluding tert-OH is 3. The van der Waals surface area contributed by atoms with Crippen LogP contribution in [0.3, 0.4) is 0 Å². The molecule has 0 radical (unpaired) electrons. The highest BCUT2D eigenvalue weighted by Crippen LogP contribution is 2.63. The number of piperidine rings is 2. The van der Waals surface area contributed by atoms with Crippen LogP contribution in [-0.2, 0) is 23.9 Å². The first-order chi connectivity index (χ1) is 28.0. The number of ether oxygens (including phenoxy) is 3. The van der Waals surface area contributed by atoms with Crippen LogP contribution in [0.25, 0.3) is 0 Å². The molecule has 0 spiro atoms. The second kappa shape index (κ2) is 18.4. The number of esters is 2. The van der Waals surface area contributed by atoms with Crippen molar-refractivity contribution in [3.05, 3.63) is 23.3 Å². The predicted octanol–water partition coefficient (Wildman–Crippen LogP) is 5.91. The van der Waals surface area contributed by atoms with Gasteiger partial charge in [-0.3, -0.25) is 9.59 Å². The number of phenolic OH excluding ortho intramolecular Hbond substituents is 1. The molecule has 324 valence electrons. The summed E-state index contributed by atoms with van der Waals surface area (Å²) in [7, 11) is 0. The minimum Gasteiger partial charge on any atom is -0.504 e. The van der Waals surface area contributed by atoms with Gasteiger partial charge in [0.1, 0.15) is 17.7 Å². The number of aromatic hydroxyl groups is 1. The van der Waals surface area contributed by atoms with Gasteiger partial charge >= 0.3 is 11.9 Å². The number of hydrogen-bond acceptors (Lipinski definition) is 11. The van der Waals surface area contributed by atoms with Crippen molar-refractivity contribution >= 4 is 17.8 Å². The van der Waals surface area contributed by atoms with Gasteiger partial charge in [-0.2, -0.15) is 0 Å². The Bertz CT molecular complexity index is 1600. The van der Waals surface area contributed by atoms with Crippen molar-refractivity contribution < 1.29 is 49.0 Å². The second-order valence-electron chi connectivity index (χ2n) is 19.1. The number of hydrogen-bond donors (Lipinski definition) is 6. The Morgan fingerprint density at radius 3 is 2.41 bits per heavy atom. The Kier molecular flexibility index (Phi) is 13.7. The van der Waals surface area contributed by atoms with Crippen LogP contribution in [0.15, 0.2) is 12.1 Å². The molecule has 1 aromatic rings. The number of carbonyl (C=O) groups is 3. The van der Waals surface area contributed by atoms with Gasteiger partial charge in [0.05, 0.1) is 12.7 Å². The van der Waals surface area contributed by atoms with E-state index in [1.54, 1.807) is 13.0 Å². The largest absolute Gasteiger partial charge is 0.504 e. The molecular weight excluding hydrogens is 741 g/mol. The molecule has 3 aliphatic heterocycles. The first-order valence-corrected chi connectivity index (χ1v) is 22.8. The van der Waals surface area contributed by atoms with E-state index in [4.69, 9.17) is 14.2 Å². The molecule has 3 heterocycles. The lowest BCUT2D eigenvalue weighted by Gasteiger charge is -2.54. The standard InChI is InChI=1S/C46H70N2O10/c1-29(51)10-11-31(8-7-25-49)38(57-30(2)52)26-39(58-43(55)46-20-4-3-9-32(46)12-17-40(54)48-46)45(21-23-47-24-22-45)35-15-13-34-36(44(28-50)18-5-6-19-44)27-56-42-37(53)16-14-33(35)41(34)42/h14,16,29,31-32,34-36,38-39,47,49-51,53H,3-13,15,17-28H2,1-2H3,(H,48,54). The number of aliphatic hydroxyl groups is 3. The van der Waals surface area contributed by atoms with E-state index in [2.05, 4.69) is 10.6 Å². The van der Waals surface area contributed by atoms with Gasteiger partial charge < -0.3 is 45.3 Å². The summed E-state index contributed by atoms with van der Waals surface area (Å²) < 4.78 is 19.8. The highest BCUT2D eigenvalue weighted by atomic mass is 16.6. The smallest absolute Gasteiger partial charge is 0.332 e. The number of carbonyl (C=O) groups excluding carboxylic acids is 3. The average molecular weight is 811 g/mol. The Morgan fingerprint density at radius 2 is 1.71 bits per heavy atom. The summed E-state index contributed by atoms with van der Waals surface area (Å²) in [6.45, 7) is 5.08. The van der Waals surface area contributed by atoms with E-state index in [1.807, 2.05) is 6.07 Å². The van der Waals surface area contributed by atoms with E-state index < -0.39 is 41.2 Å². The molecule has 12 nitrogen and oxygen atoms in total. The van der Waals surface area contributed by atoms with E-state index in [-0.39, 0.29) is 66.3 Å². The van der Waals surface area contributed by atoms with E-state index in [9.17, 15) is 30.0 Å². The molecular formula is C46H70N2O10. The summed E-state index contributed by atoms with van der Waals surface area (Å²) in [6.07, 6.45) is 11.7. The number of fused-ring (bicyclic) bond motifs is 1. The number of phenols is 1. The third-order valence-electron chi connectivity index (χ3n) is 15.9. The molecule has 3 aliphatic carbocycles. The van der Waals surface area contributed by atoms with Gasteiger partial charge in [-0.1, -0.05) is 31.7 Å². The maximum atomic E-state index is 15.1. The van der Waals surface area contributed by atoms with E-state index in [0.717, 1.165) is 68.9 Å². The summed E-state index contributed by atoms with van der Waals surface area (Å²) in [6, 6.07) is 3.79. The average Bonchev–Trinajstić information content (AvgIpc) is 3.71. The van der Waals surface area contributed by atoms with Crippen molar-refractivity contribution in [1.82, 2.24) is 10.6 Å². The number of benzene rings is 1. The lowest BCUT2D eigenvalue weighted by atomic mass is 9.54. The number of nitrogens with one attached hydrogen (secondary N) is 2. The molecule has 0 aromatic heterocycles. The van der Waals surface area contributed by atoms with Crippen LogP contribution in [-0.4, -0.2) is 95.0 Å². The third-order valence-corrected chi connectivity index (χ3v) is 15.9. The molecule has 6 N–H and O–H groups in total. The molecule has 1 aromatic carbocycles. The fraction of sp³-hybridized carbons (Fsp3) is 0.804. The van der Waals surface area contributed by atoms with Crippen molar-refractivity contribution in [3.8, 4) is 11.5 Å². The Labute approximate surface area is 344 Å². The van der Waals surface area contributed by atoms with E-state index in [0.29, 0.717) is 83.2 Å². The number of amides is 1. The maximum absolute atomic E-state index is 15.1. The Balaban J connectivity index is 1.33. The van der Waals surface area contributed by atoms with Crippen LogP contribution in [0.1, 0.15) is 159 Å². The molecule has 9 atom stereocenters. The molecule has 9 unspecified atom stereocenters. The van der Waals surface area contributed by atoms with Gasteiger partial charge in [-0.05, 0) is 139 Å². The molecule has 12 heteroatoms. The molecule has 1 amide bonds. The molecule has 0 bridgehead atoms. The first kappa shape index (κ1) is 43.2. The quantitative estimate of drug-likeness (QED) is 0.109. The molecule has 2 saturated carbocycles. The number of rotatable bonds is 16. The van der Waals surface area contributed by atoms with Crippen LogP contribution in [0.2, 0.25) is 0 Å². The lowest BCUT2D eigenvalue weighted by Crippen LogP contribution is -2.65. The minimum absolute atomic E-state index is 0.0215. The maximum Gasteiger partial charge on any atom is 0.332 e. The van der Waals surface area contributed by atoms with Crippen LogP contribution in [0.5, 0.6) is 11.5 Å². The summed E-state index contributed by atoms with van der Waals surface area (Å²) in [5, 5.41) is 49.2. The summed E-state index contributed by atoms with van der Waals surface area (Å²) in [4.78, 5) is 41.2. The van der Waals surface area contributed by atoms with Crippen LogP contribution < -0.4 is 15.4 Å². The lowest BCUT2D eigenvalue weighted by molar-refractivity contribution is -0.182. The topological polar surface area (TPSA) is 184 Å². The Hall–Kier alpha value is -2.93. The van der Waals surface area contributed by atoms with E-state index >= 15 is 4.79 Å². The van der Waals surface area contributed by atoms with Crippen molar-refractivity contribution in [2.45, 2.75) is 172 Å². The Morgan fingerprint density at radius 1 is 0.948 bits per heavy atom. The fourth-order valence-electron chi connectivity index (χ4n) is 12.9. The second-order valence-corrected chi connectivity index (χ2v) is 19.1. The van der Waals surface area contributed by atoms with Gasteiger partial charge in [0, 0.05) is 55.3 Å². The zero-order valence-corrected chi connectivity index (χ0v) is 35.0. The van der Waals surface area contributed by atoms with Crippen molar-refractivity contribution in [2.24, 2.45) is 28.6 Å². The normalized spacial score (nSPS) is 30.7. The van der Waals surface area contributed by atoms with Gasteiger partial charge in [0.15, 0.2) is 11.5 Å². The summed E-state index contributed by atoms with van der Waals surface area (Å²) >= 11 is 0. The van der Waals surface area contributed by atoms with Crippen LogP contribution in [0, 0.1) is 28.6 Å². The fourth-order valence-corrected chi connectivity index (χ4v) is 12.9. The summed E-state index contributed by atoms with van der Waals surface area (Å²) in [5.41, 5.74) is 0.160. The van der Waals surface area contributed by atoms with Gasteiger partial charge in [-0.15, -0.1) is 0 Å². The monoisotopic (exact) mass is 811 g/mol. The predicted molar refractivity (Wildman–Crippen MR) is 217 cm³/mol. The molecule has 58 heavy (non-hydrogen) atoms. The molecule has 7 rings (SSSR count). The highest BCUT2D eigenvalue weighted by molar-refractivity contribution is 5.90. The van der Waals surface area contributed by atoms with E-state index in [1.165, 1.54) is 6.92 Å². The SMILES string of the molecule is CC(=O)OC(CC(OC(=O)C12CCCCC1CCC(=O)N2)C1(C2CCC3c4c2ccc(O)c4OCC3C2(CO)CCCC2)CCNCC1)C(CCCO)CCC(C)O. The van der Waals surface area contributed by atoms with Gasteiger partial charge in [0.25, 0.3) is 0 Å². The van der Waals surface area contributed by atoms with Crippen molar-refractivity contribution in [1.29, 1.82) is 0 Å². The molecule has 4 fully saturated rings. The van der Waals surface area contributed by atoms with Gasteiger partial charge in [-0.25, -0.2) is 4.79 Å².